The molecule has 4 nitrogen and oxygen atoms in total. The first-order valence-electron chi connectivity index (χ1n) is 7.58. The fraction of sp³-hybridized carbons (Fsp3) is 0.438. The van der Waals surface area contributed by atoms with Crippen LogP contribution < -0.4 is 4.72 Å². The second kappa shape index (κ2) is 6.01. The van der Waals surface area contributed by atoms with Crippen molar-refractivity contribution in [1.29, 1.82) is 0 Å². The van der Waals surface area contributed by atoms with E-state index >= 15 is 0 Å². The standard InChI is InChI=1S/C16H20N2O2S2/c1-3-11(2)12-6-8-14(9-7-12)22(19,20)18-16-17-15(10-21-16)13-4-5-13/h6-11,13H,3-5H2,1-2H3,(H,17,18). The number of nitrogens with one attached hydrogen (secondary N) is 1. The van der Waals surface area contributed by atoms with Crippen molar-refractivity contribution in [1.82, 2.24) is 4.98 Å². The molecule has 1 aliphatic rings. The minimum Gasteiger partial charge on any atom is -0.255 e. The maximum Gasteiger partial charge on any atom is 0.263 e. The molecule has 1 aromatic heterocycles. The van der Waals surface area contributed by atoms with Crippen molar-refractivity contribution >= 4 is 26.5 Å². The normalized spacial score (nSPS) is 16.5. The van der Waals surface area contributed by atoms with Gasteiger partial charge in [0.2, 0.25) is 0 Å². The van der Waals surface area contributed by atoms with Crippen LogP contribution in [0.3, 0.4) is 0 Å². The molecule has 1 fully saturated rings. The van der Waals surface area contributed by atoms with Gasteiger partial charge < -0.3 is 0 Å². The van der Waals surface area contributed by atoms with E-state index in [1.807, 2.05) is 17.5 Å². The first kappa shape index (κ1) is 15.5. The molecule has 6 heteroatoms. The molecule has 1 unspecified atom stereocenters. The lowest BCUT2D eigenvalue weighted by atomic mass is 9.99. The van der Waals surface area contributed by atoms with Crippen molar-refractivity contribution in [2.24, 2.45) is 0 Å². The molecule has 1 aromatic carbocycles. The predicted molar refractivity (Wildman–Crippen MR) is 90.0 cm³/mol. The highest BCUT2D eigenvalue weighted by Crippen LogP contribution is 2.41. The zero-order chi connectivity index (χ0) is 15.7. The summed E-state index contributed by atoms with van der Waals surface area (Å²) in [6.45, 7) is 4.26. The molecule has 1 saturated carbocycles. The van der Waals surface area contributed by atoms with Gasteiger partial charge in [-0.1, -0.05) is 26.0 Å². The Hall–Kier alpha value is -1.40. The molecular weight excluding hydrogens is 316 g/mol. The Labute approximate surface area is 135 Å². The molecule has 1 N–H and O–H groups in total. The van der Waals surface area contributed by atoms with Crippen LogP contribution in [-0.4, -0.2) is 13.4 Å². The van der Waals surface area contributed by atoms with E-state index in [9.17, 15) is 8.42 Å². The molecule has 118 valence electrons. The monoisotopic (exact) mass is 336 g/mol. The average Bonchev–Trinajstić information content (AvgIpc) is 3.27. The van der Waals surface area contributed by atoms with Crippen LogP contribution >= 0.6 is 11.3 Å². The van der Waals surface area contributed by atoms with E-state index in [1.165, 1.54) is 11.3 Å². The molecule has 0 amide bonds. The molecule has 1 atom stereocenters. The molecule has 0 saturated heterocycles. The molecule has 0 radical (unpaired) electrons. The first-order chi connectivity index (χ1) is 10.5. The maximum absolute atomic E-state index is 12.4. The van der Waals surface area contributed by atoms with Crippen molar-refractivity contribution in [3.05, 3.63) is 40.9 Å². The Morgan fingerprint density at radius 2 is 2.00 bits per heavy atom. The van der Waals surface area contributed by atoms with Crippen LogP contribution in [0.4, 0.5) is 5.13 Å². The van der Waals surface area contributed by atoms with Gasteiger partial charge in [0.25, 0.3) is 10.0 Å². The van der Waals surface area contributed by atoms with E-state index < -0.39 is 10.0 Å². The number of sulfonamides is 1. The molecular formula is C16H20N2O2S2. The zero-order valence-corrected chi connectivity index (χ0v) is 14.4. The third-order valence-corrected chi connectivity index (χ3v) is 6.37. The van der Waals surface area contributed by atoms with Crippen LogP contribution in [0.15, 0.2) is 34.5 Å². The first-order valence-corrected chi connectivity index (χ1v) is 9.94. The van der Waals surface area contributed by atoms with Crippen LogP contribution in [0.1, 0.15) is 56.2 Å². The number of benzene rings is 1. The summed E-state index contributed by atoms with van der Waals surface area (Å²) in [6.07, 6.45) is 3.35. The third kappa shape index (κ3) is 3.33. The summed E-state index contributed by atoms with van der Waals surface area (Å²) < 4.78 is 27.4. The van der Waals surface area contributed by atoms with Crippen LogP contribution in [0, 0.1) is 0 Å². The van der Waals surface area contributed by atoms with Crippen molar-refractivity contribution in [2.45, 2.75) is 49.8 Å². The summed E-state index contributed by atoms with van der Waals surface area (Å²) in [5.41, 5.74) is 2.17. The second-order valence-corrected chi connectivity index (χ2v) is 8.38. The Kier molecular flexibility index (Phi) is 4.23. The number of anilines is 1. The van der Waals surface area contributed by atoms with E-state index in [0.717, 1.165) is 30.5 Å². The quantitative estimate of drug-likeness (QED) is 0.854. The Morgan fingerprint density at radius 3 is 2.59 bits per heavy atom. The topological polar surface area (TPSA) is 59.1 Å². The Bertz CT molecular complexity index is 747. The molecule has 3 rings (SSSR count). The van der Waals surface area contributed by atoms with Crippen LogP contribution in [0.5, 0.6) is 0 Å². The molecule has 0 spiro atoms. The van der Waals surface area contributed by atoms with Crippen LogP contribution in [-0.2, 0) is 10.0 Å². The Balaban J connectivity index is 1.76. The van der Waals surface area contributed by atoms with Crippen molar-refractivity contribution < 1.29 is 8.42 Å². The largest absolute Gasteiger partial charge is 0.263 e. The number of thiazole rings is 1. The van der Waals surface area contributed by atoms with Gasteiger partial charge in [0.15, 0.2) is 5.13 Å². The van der Waals surface area contributed by atoms with Crippen LogP contribution in [0.2, 0.25) is 0 Å². The molecule has 0 bridgehead atoms. The average molecular weight is 336 g/mol. The van der Waals surface area contributed by atoms with Crippen molar-refractivity contribution in [3.63, 3.8) is 0 Å². The highest BCUT2D eigenvalue weighted by molar-refractivity contribution is 7.93. The number of aromatic nitrogens is 1. The smallest absolute Gasteiger partial charge is 0.255 e. The molecule has 22 heavy (non-hydrogen) atoms. The van der Waals surface area contributed by atoms with Gasteiger partial charge in [-0.3, -0.25) is 4.72 Å². The predicted octanol–water partition coefficient (Wildman–Crippen LogP) is 4.33. The summed E-state index contributed by atoms with van der Waals surface area (Å²) in [5, 5.41) is 2.40. The second-order valence-electron chi connectivity index (χ2n) is 5.84. The van der Waals surface area contributed by atoms with Crippen molar-refractivity contribution in [3.8, 4) is 0 Å². The minimum atomic E-state index is -3.56. The lowest BCUT2D eigenvalue weighted by Crippen LogP contribution is -2.13. The van der Waals surface area contributed by atoms with Gasteiger partial charge in [-0.15, -0.1) is 11.3 Å². The summed E-state index contributed by atoms with van der Waals surface area (Å²) in [7, 11) is -3.56. The van der Waals surface area contributed by atoms with E-state index in [2.05, 4.69) is 23.6 Å². The van der Waals surface area contributed by atoms with E-state index in [0.29, 0.717) is 17.0 Å². The summed E-state index contributed by atoms with van der Waals surface area (Å²) in [4.78, 5) is 4.65. The molecule has 0 aliphatic heterocycles. The summed E-state index contributed by atoms with van der Waals surface area (Å²) in [5.74, 6) is 0.967. The van der Waals surface area contributed by atoms with Gasteiger partial charge in [0.1, 0.15) is 0 Å². The number of rotatable bonds is 6. The zero-order valence-electron chi connectivity index (χ0n) is 12.7. The SMILES string of the molecule is CCC(C)c1ccc(S(=O)(=O)Nc2nc(C3CC3)cs2)cc1. The highest BCUT2D eigenvalue weighted by Gasteiger charge is 2.26. The van der Waals surface area contributed by atoms with Gasteiger partial charge in [0.05, 0.1) is 10.6 Å². The van der Waals surface area contributed by atoms with E-state index in [1.54, 1.807) is 12.1 Å². The molecule has 1 aliphatic carbocycles. The van der Waals surface area contributed by atoms with E-state index in [4.69, 9.17) is 0 Å². The maximum atomic E-state index is 12.4. The van der Waals surface area contributed by atoms with Gasteiger partial charge in [-0.25, -0.2) is 13.4 Å². The van der Waals surface area contributed by atoms with Crippen molar-refractivity contribution in [2.75, 3.05) is 4.72 Å². The fourth-order valence-electron chi connectivity index (χ4n) is 2.28. The van der Waals surface area contributed by atoms with Gasteiger partial charge in [-0.05, 0) is 42.9 Å². The minimum absolute atomic E-state index is 0.280. The lowest BCUT2D eigenvalue weighted by molar-refractivity contribution is 0.601. The van der Waals surface area contributed by atoms with E-state index in [-0.39, 0.29) is 4.90 Å². The lowest BCUT2D eigenvalue weighted by Gasteiger charge is -2.10. The highest BCUT2D eigenvalue weighted by atomic mass is 32.2. The van der Waals surface area contributed by atoms with Gasteiger partial charge >= 0.3 is 0 Å². The number of nitrogens with zero attached hydrogens (tertiary/aromatic N) is 1. The third-order valence-electron chi connectivity index (χ3n) is 4.11. The van der Waals surface area contributed by atoms with Crippen LogP contribution in [0.25, 0.3) is 0 Å². The Morgan fingerprint density at radius 1 is 1.32 bits per heavy atom. The summed E-state index contributed by atoms with van der Waals surface area (Å²) >= 11 is 1.35. The fourth-order valence-corrected chi connectivity index (χ4v) is 4.33. The number of hydrogen-bond donors (Lipinski definition) is 1. The van der Waals surface area contributed by atoms with Gasteiger partial charge in [-0.2, -0.15) is 0 Å². The number of hydrogen-bond acceptors (Lipinski definition) is 4. The van der Waals surface area contributed by atoms with Gasteiger partial charge in [0, 0.05) is 11.3 Å². The molecule has 1 heterocycles. The summed E-state index contributed by atoms with van der Waals surface area (Å²) in [6, 6.07) is 7.11. The molecule has 2 aromatic rings.